The summed E-state index contributed by atoms with van der Waals surface area (Å²) in [6, 6.07) is 7.21. The Labute approximate surface area is 175 Å². The number of anilines is 1. The molecule has 2 aromatic rings. The van der Waals surface area contributed by atoms with E-state index in [0.717, 1.165) is 19.3 Å². The van der Waals surface area contributed by atoms with Gasteiger partial charge in [-0.25, -0.2) is 8.42 Å². The molecule has 8 nitrogen and oxygen atoms in total. The first kappa shape index (κ1) is 21.6. The Bertz CT molecular complexity index is 933. The molecule has 1 aromatic carbocycles. The Morgan fingerprint density at radius 1 is 1.21 bits per heavy atom. The third kappa shape index (κ3) is 5.51. The van der Waals surface area contributed by atoms with Gasteiger partial charge in [-0.15, -0.1) is 10.2 Å². The van der Waals surface area contributed by atoms with E-state index in [1.165, 1.54) is 11.8 Å². The number of thioether (sulfide) groups is 1. The van der Waals surface area contributed by atoms with E-state index in [4.69, 9.17) is 4.42 Å². The monoisotopic (exact) mass is 438 g/mol. The first-order valence-corrected chi connectivity index (χ1v) is 12.3. The van der Waals surface area contributed by atoms with Gasteiger partial charge in [-0.2, -0.15) is 0 Å². The fraction of sp³-hybridized carbons (Fsp3) is 0.526. The second-order valence-electron chi connectivity index (χ2n) is 7.17. The van der Waals surface area contributed by atoms with Gasteiger partial charge in [0.25, 0.3) is 5.22 Å². The normalized spacial score (nSPS) is 19.9. The van der Waals surface area contributed by atoms with Crippen LogP contribution in [-0.2, 0) is 14.8 Å². The van der Waals surface area contributed by atoms with Crippen molar-refractivity contribution in [1.82, 2.24) is 15.1 Å². The zero-order valence-corrected chi connectivity index (χ0v) is 18.4. The molecule has 1 N–H and O–H groups in total. The lowest BCUT2D eigenvalue weighted by Gasteiger charge is -2.39. The quantitative estimate of drug-likeness (QED) is 0.661. The number of piperidine rings is 1. The summed E-state index contributed by atoms with van der Waals surface area (Å²) in [5.41, 5.74) is 1.15. The number of sulfonamides is 1. The van der Waals surface area contributed by atoms with Crippen molar-refractivity contribution in [3.8, 4) is 11.5 Å². The molecule has 2 heterocycles. The van der Waals surface area contributed by atoms with E-state index in [1.54, 1.807) is 31.2 Å². The predicted molar refractivity (Wildman–Crippen MR) is 113 cm³/mol. The van der Waals surface area contributed by atoms with Crippen LogP contribution in [0.15, 0.2) is 33.9 Å². The molecule has 0 bridgehead atoms. The van der Waals surface area contributed by atoms with Crippen LogP contribution in [0.2, 0.25) is 0 Å². The maximum atomic E-state index is 12.6. The average Bonchev–Trinajstić information content (AvgIpc) is 3.15. The highest BCUT2D eigenvalue weighted by Crippen LogP contribution is 2.27. The van der Waals surface area contributed by atoms with Crippen molar-refractivity contribution in [3.63, 3.8) is 0 Å². The minimum Gasteiger partial charge on any atom is -0.411 e. The molecule has 0 saturated carbocycles. The van der Waals surface area contributed by atoms with Crippen molar-refractivity contribution in [3.05, 3.63) is 24.3 Å². The standard InChI is InChI=1S/C19H26N4O4S2/c1-4-29(25,26)22-16-10-8-15(9-11-16)18-20-21-19(27-18)28-12-17(24)23-13(2)6-5-7-14(23)3/h8-11,13-14,22H,4-7,12H2,1-3H3/t13-,14-/m0/s1. The van der Waals surface area contributed by atoms with Crippen molar-refractivity contribution in [2.75, 3.05) is 16.2 Å². The van der Waals surface area contributed by atoms with Crippen LogP contribution >= 0.6 is 11.8 Å². The first-order chi connectivity index (χ1) is 13.8. The van der Waals surface area contributed by atoms with E-state index < -0.39 is 10.0 Å². The van der Waals surface area contributed by atoms with Crippen LogP contribution in [0.25, 0.3) is 11.5 Å². The van der Waals surface area contributed by atoms with E-state index >= 15 is 0 Å². The van der Waals surface area contributed by atoms with E-state index in [1.807, 2.05) is 4.90 Å². The van der Waals surface area contributed by atoms with Gasteiger partial charge in [0.2, 0.25) is 21.8 Å². The molecule has 0 radical (unpaired) electrons. The van der Waals surface area contributed by atoms with Gasteiger partial charge < -0.3 is 9.32 Å². The van der Waals surface area contributed by atoms with Gasteiger partial charge in [0.1, 0.15) is 0 Å². The molecule has 0 spiro atoms. The number of amides is 1. The molecule has 158 valence electrons. The Morgan fingerprint density at radius 3 is 2.48 bits per heavy atom. The van der Waals surface area contributed by atoms with Gasteiger partial charge in [0, 0.05) is 23.3 Å². The third-order valence-corrected chi connectivity index (χ3v) is 7.10. The number of aromatic nitrogens is 2. The second kappa shape index (κ2) is 9.17. The maximum Gasteiger partial charge on any atom is 0.277 e. The molecular formula is C19H26N4O4S2. The first-order valence-electron chi connectivity index (χ1n) is 9.67. The SMILES string of the molecule is CCS(=O)(=O)Nc1ccc(-c2nnc(SCC(=O)N3[C@@H](C)CCC[C@@H]3C)o2)cc1. The number of hydrogen-bond acceptors (Lipinski definition) is 7. The van der Waals surface area contributed by atoms with Crippen LogP contribution in [0.3, 0.4) is 0 Å². The largest absolute Gasteiger partial charge is 0.411 e. The molecule has 1 amide bonds. The number of nitrogens with one attached hydrogen (secondary N) is 1. The van der Waals surface area contributed by atoms with Gasteiger partial charge in [-0.1, -0.05) is 11.8 Å². The van der Waals surface area contributed by atoms with E-state index in [-0.39, 0.29) is 29.5 Å². The van der Waals surface area contributed by atoms with Gasteiger partial charge >= 0.3 is 0 Å². The molecule has 3 rings (SSSR count). The Hall–Kier alpha value is -2.07. The molecule has 1 saturated heterocycles. The number of benzene rings is 1. The lowest BCUT2D eigenvalue weighted by Crippen LogP contribution is -2.48. The second-order valence-corrected chi connectivity index (χ2v) is 10.1. The van der Waals surface area contributed by atoms with Gasteiger partial charge in [-0.05, 0) is 64.3 Å². The van der Waals surface area contributed by atoms with Crippen LogP contribution < -0.4 is 4.72 Å². The molecule has 0 unspecified atom stereocenters. The number of carbonyl (C=O) groups excluding carboxylic acids is 1. The van der Waals surface area contributed by atoms with E-state index in [2.05, 4.69) is 28.8 Å². The fourth-order valence-electron chi connectivity index (χ4n) is 3.43. The van der Waals surface area contributed by atoms with Crippen LogP contribution in [0.5, 0.6) is 0 Å². The maximum absolute atomic E-state index is 12.6. The fourth-order valence-corrected chi connectivity index (χ4v) is 4.70. The molecule has 1 fully saturated rings. The number of likely N-dealkylation sites (tertiary alicyclic amines) is 1. The highest BCUT2D eigenvalue weighted by molar-refractivity contribution is 7.99. The van der Waals surface area contributed by atoms with Crippen LogP contribution in [0.4, 0.5) is 5.69 Å². The molecule has 10 heteroatoms. The molecule has 1 aliphatic heterocycles. The summed E-state index contributed by atoms with van der Waals surface area (Å²) in [5.74, 6) is 0.673. The van der Waals surface area contributed by atoms with E-state index in [9.17, 15) is 13.2 Å². The van der Waals surface area contributed by atoms with Gasteiger partial charge in [0.15, 0.2) is 0 Å². The molecular weight excluding hydrogens is 412 g/mol. The Morgan fingerprint density at radius 2 is 1.86 bits per heavy atom. The van der Waals surface area contributed by atoms with Gasteiger partial charge in [0.05, 0.1) is 11.5 Å². The molecule has 2 atom stereocenters. The summed E-state index contributed by atoms with van der Waals surface area (Å²) in [4.78, 5) is 14.6. The third-order valence-electron chi connectivity index (χ3n) is 4.99. The van der Waals surface area contributed by atoms with Crippen molar-refractivity contribution in [1.29, 1.82) is 0 Å². The topological polar surface area (TPSA) is 105 Å². The number of carbonyl (C=O) groups is 1. The number of nitrogens with zero attached hydrogens (tertiary/aromatic N) is 3. The van der Waals surface area contributed by atoms with Crippen LogP contribution in [-0.4, -0.2) is 53.0 Å². The zero-order chi connectivity index (χ0) is 21.0. The summed E-state index contributed by atoms with van der Waals surface area (Å²) >= 11 is 1.23. The van der Waals surface area contributed by atoms with Crippen molar-refractivity contribution < 1.29 is 17.6 Å². The average molecular weight is 439 g/mol. The van der Waals surface area contributed by atoms with Gasteiger partial charge in [-0.3, -0.25) is 9.52 Å². The summed E-state index contributed by atoms with van der Waals surface area (Å²) in [7, 11) is -3.32. The Kier molecular flexibility index (Phi) is 6.84. The highest BCUT2D eigenvalue weighted by atomic mass is 32.2. The smallest absolute Gasteiger partial charge is 0.277 e. The minimum atomic E-state index is -3.32. The lowest BCUT2D eigenvalue weighted by molar-refractivity contribution is -0.134. The van der Waals surface area contributed by atoms with E-state index in [0.29, 0.717) is 22.4 Å². The minimum absolute atomic E-state index is 0.00665. The summed E-state index contributed by atoms with van der Waals surface area (Å²) in [5, 5.41) is 8.37. The van der Waals surface area contributed by atoms with Crippen LogP contribution in [0.1, 0.15) is 40.0 Å². The molecule has 29 heavy (non-hydrogen) atoms. The predicted octanol–water partition coefficient (Wildman–Crippen LogP) is 3.38. The molecule has 1 aliphatic rings. The number of hydrogen-bond donors (Lipinski definition) is 1. The summed E-state index contributed by atoms with van der Waals surface area (Å²) in [6.07, 6.45) is 3.23. The molecule has 0 aliphatic carbocycles. The van der Waals surface area contributed by atoms with Crippen molar-refractivity contribution in [2.45, 2.75) is 57.3 Å². The van der Waals surface area contributed by atoms with Crippen molar-refractivity contribution in [2.24, 2.45) is 0 Å². The van der Waals surface area contributed by atoms with Crippen molar-refractivity contribution >= 4 is 33.4 Å². The lowest BCUT2D eigenvalue weighted by atomic mass is 9.98. The summed E-state index contributed by atoms with van der Waals surface area (Å²) in [6.45, 7) is 5.76. The summed E-state index contributed by atoms with van der Waals surface area (Å²) < 4.78 is 31.4. The molecule has 1 aromatic heterocycles. The Balaban J connectivity index is 1.60. The number of rotatable bonds is 7. The van der Waals surface area contributed by atoms with Crippen LogP contribution in [0, 0.1) is 0 Å². The highest BCUT2D eigenvalue weighted by Gasteiger charge is 2.29. The zero-order valence-electron chi connectivity index (χ0n) is 16.8.